The summed E-state index contributed by atoms with van der Waals surface area (Å²) in [6.07, 6.45) is 0. The molecule has 0 aromatic rings. The van der Waals surface area contributed by atoms with Gasteiger partial charge in [-0.15, -0.1) is 0 Å². The van der Waals surface area contributed by atoms with E-state index >= 15 is 0 Å². The van der Waals surface area contributed by atoms with Gasteiger partial charge in [0.2, 0.25) is 5.76 Å². The number of rotatable bonds is 2. The molecule has 74 valence electrons. The van der Waals surface area contributed by atoms with Gasteiger partial charge in [-0.3, -0.25) is 0 Å². The molecule has 0 aromatic carbocycles. The molecule has 6 heteroatoms. The van der Waals surface area contributed by atoms with Crippen molar-refractivity contribution < 1.29 is 30.0 Å². The van der Waals surface area contributed by atoms with Crippen molar-refractivity contribution in [2.75, 3.05) is 7.11 Å². The van der Waals surface area contributed by atoms with E-state index in [1.807, 2.05) is 5.73 Å². The maximum Gasteiger partial charge on any atom is 0.345 e. The lowest BCUT2D eigenvalue weighted by atomic mass is 10.3. The van der Waals surface area contributed by atoms with Crippen molar-refractivity contribution in [3.8, 4) is 0 Å². The summed E-state index contributed by atoms with van der Waals surface area (Å²) in [4.78, 5) is 10.7. The molecule has 0 bridgehead atoms. The quantitative estimate of drug-likeness (QED) is 0.143. The number of ether oxygens (including phenoxy) is 1. The third-order valence-electron chi connectivity index (χ3n) is 1.12. The average Bonchev–Trinajstić information content (AvgIpc) is 2.01. The predicted molar refractivity (Wildman–Crippen MR) is 40.2 cm³/mol. The van der Waals surface area contributed by atoms with Crippen LogP contribution in [0.25, 0.3) is 0 Å². The van der Waals surface area contributed by atoms with Gasteiger partial charge in [-0.05, 0) is 6.92 Å². The molecule has 0 atom stereocenters. The van der Waals surface area contributed by atoms with Gasteiger partial charge in [0, 0.05) is 0 Å². The van der Waals surface area contributed by atoms with E-state index < -0.39 is 17.7 Å². The molecule has 0 saturated carbocycles. The molecule has 0 aliphatic carbocycles. The number of esters is 1. The first-order chi connectivity index (χ1) is 5.79. The van der Waals surface area contributed by atoms with E-state index in [2.05, 4.69) is 4.74 Å². The highest BCUT2D eigenvalue weighted by atomic mass is 16.7. The number of hydrogen-bond acceptors (Lipinski definition) is 6. The van der Waals surface area contributed by atoms with Crippen LogP contribution in [0.15, 0.2) is 17.1 Å². The first kappa shape index (κ1) is 11.7. The minimum absolute atomic E-state index is 0.207. The van der Waals surface area contributed by atoms with Crippen molar-refractivity contribution >= 4 is 5.97 Å². The van der Waals surface area contributed by atoms with Crippen LogP contribution >= 0.6 is 0 Å². The Labute approximate surface area is 74.0 Å². The zero-order chi connectivity index (χ0) is 10.6. The molecule has 0 amide bonds. The fraction of sp³-hybridized carbons (Fsp3) is 0.429. The molecule has 13 heavy (non-hydrogen) atoms. The summed E-state index contributed by atoms with van der Waals surface area (Å²) >= 11 is 0. The predicted octanol–water partition coefficient (Wildman–Crippen LogP) is -1.22. The van der Waals surface area contributed by atoms with Gasteiger partial charge in [0.1, 0.15) is 0 Å². The summed E-state index contributed by atoms with van der Waals surface area (Å²) < 4.78 is 4.22. The summed E-state index contributed by atoms with van der Waals surface area (Å²) in [6.45, 7) is 1.22. The SMILES string of the molecule is COC(=O)C(C)=C=C(O)C(O)(O)O. The van der Waals surface area contributed by atoms with Crippen molar-refractivity contribution in [1.82, 2.24) is 0 Å². The topological polar surface area (TPSA) is 107 Å². The third-order valence-corrected chi connectivity index (χ3v) is 1.12. The molecule has 4 N–H and O–H groups in total. The van der Waals surface area contributed by atoms with E-state index in [1.165, 1.54) is 6.92 Å². The number of aliphatic hydroxyl groups excluding tert-OH is 1. The lowest BCUT2D eigenvalue weighted by Gasteiger charge is -2.09. The van der Waals surface area contributed by atoms with Crippen LogP contribution in [0.3, 0.4) is 0 Å². The van der Waals surface area contributed by atoms with Crippen molar-refractivity contribution in [3.63, 3.8) is 0 Å². The summed E-state index contributed by atoms with van der Waals surface area (Å²) in [7, 11) is 1.11. The Kier molecular flexibility index (Phi) is 3.65. The molecule has 6 nitrogen and oxygen atoms in total. The number of hydrogen-bond donors (Lipinski definition) is 4. The van der Waals surface area contributed by atoms with E-state index in [0.29, 0.717) is 0 Å². The second-order valence-electron chi connectivity index (χ2n) is 2.23. The highest BCUT2D eigenvalue weighted by Crippen LogP contribution is 2.05. The fourth-order valence-electron chi connectivity index (χ4n) is 0.466. The van der Waals surface area contributed by atoms with Gasteiger partial charge in [-0.2, -0.15) is 0 Å². The van der Waals surface area contributed by atoms with Crippen LogP contribution in [0.5, 0.6) is 0 Å². The lowest BCUT2D eigenvalue weighted by molar-refractivity contribution is -0.298. The van der Waals surface area contributed by atoms with E-state index in [9.17, 15) is 4.79 Å². The molecule has 0 radical (unpaired) electrons. The van der Waals surface area contributed by atoms with Crippen LogP contribution in [0, 0.1) is 0 Å². The van der Waals surface area contributed by atoms with Gasteiger partial charge in [0.25, 0.3) is 0 Å². The molecule has 0 aliphatic heterocycles. The minimum atomic E-state index is -3.39. The normalized spacial score (nSPS) is 10.2. The van der Waals surface area contributed by atoms with Crippen molar-refractivity contribution in [1.29, 1.82) is 0 Å². The van der Waals surface area contributed by atoms with Crippen LogP contribution in [-0.4, -0.2) is 39.5 Å². The first-order valence-electron chi connectivity index (χ1n) is 3.21. The summed E-state index contributed by atoms with van der Waals surface area (Å²) in [5.74, 6) is -5.49. The maximum atomic E-state index is 10.7. The molecule has 0 spiro atoms. The number of aliphatic hydroxyl groups is 4. The van der Waals surface area contributed by atoms with Crippen LogP contribution in [0.4, 0.5) is 0 Å². The highest BCUT2D eigenvalue weighted by molar-refractivity contribution is 5.87. The molecule has 0 unspecified atom stereocenters. The Hall–Kier alpha value is -1.33. The van der Waals surface area contributed by atoms with E-state index in [1.54, 1.807) is 0 Å². The largest absolute Gasteiger partial charge is 0.498 e. The van der Waals surface area contributed by atoms with Gasteiger partial charge < -0.3 is 25.2 Å². The summed E-state index contributed by atoms with van der Waals surface area (Å²) in [5.41, 5.74) is 1.63. The molecule has 0 fully saturated rings. The van der Waals surface area contributed by atoms with Gasteiger partial charge >= 0.3 is 11.9 Å². The van der Waals surface area contributed by atoms with Crippen LogP contribution < -0.4 is 0 Å². The molecule has 0 rings (SSSR count). The first-order valence-corrected chi connectivity index (χ1v) is 3.21. The monoisotopic (exact) mass is 190 g/mol. The van der Waals surface area contributed by atoms with Gasteiger partial charge in [-0.1, -0.05) is 5.73 Å². The smallest absolute Gasteiger partial charge is 0.345 e. The van der Waals surface area contributed by atoms with E-state index in [-0.39, 0.29) is 5.57 Å². The van der Waals surface area contributed by atoms with Gasteiger partial charge in [0.15, 0.2) is 0 Å². The zero-order valence-corrected chi connectivity index (χ0v) is 7.11. The molecular formula is C7H10O6. The van der Waals surface area contributed by atoms with Crippen LogP contribution in [0.2, 0.25) is 0 Å². The van der Waals surface area contributed by atoms with Crippen molar-refractivity contribution in [2.45, 2.75) is 12.9 Å². The molecular weight excluding hydrogens is 180 g/mol. The Morgan fingerprint density at radius 2 is 1.85 bits per heavy atom. The summed E-state index contributed by atoms with van der Waals surface area (Å²) in [6, 6.07) is 0. The molecule has 0 saturated heterocycles. The summed E-state index contributed by atoms with van der Waals surface area (Å²) in [5, 5.41) is 33.9. The lowest BCUT2D eigenvalue weighted by Crippen LogP contribution is -2.29. The Morgan fingerprint density at radius 3 is 2.15 bits per heavy atom. The fourth-order valence-corrected chi connectivity index (χ4v) is 0.466. The van der Waals surface area contributed by atoms with E-state index in [0.717, 1.165) is 7.11 Å². The van der Waals surface area contributed by atoms with Crippen molar-refractivity contribution in [3.05, 3.63) is 17.1 Å². The number of carbonyl (C=O) groups excluding carboxylic acids is 1. The molecule has 0 heterocycles. The number of carbonyl (C=O) groups is 1. The Balaban J connectivity index is 5.00. The standard InChI is InChI=1S/C7H10O6/c1-4(6(9)13-2)3-5(8)7(10,11)12/h8,10-12H,1-2H3. The maximum absolute atomic E-state index is 10.7. The third kappa shape index (κ3) is 3.73. The van der Waals surface area contributed by atoms with Gasteiger partial charge in [0.05, 0.1) is 12.7 Å². The minimum Gasteiger partial charge on any atom is -0.498 e. The zero-order valence-electron chi connectivity index (χ0n) is 7.11. The van der Waals surface area contributed by atoms with Crippen molar-refractivity contribution in [2.24, 2.45) is 0 Å². The highest BCUT2D eigenvalue weighted by Gasteiger charge is 2.25. The van der Waals surface area contributed by atoms with Gasteiger partial charge in [-0.25, -0.2) is 4.79 Å². The molecule has 0 aromatic heterocycles. The second-order valence-corrected chi connectivity index (χ2v) is 2.23. The van der Waals surface area contributed by atoms with Crippen LogP contribution in [0.1, 0.15) is 6.92 Å². The van der Waals surface area contributed by atoms with Crippen LogP contribution in [-0.2, 0) is 9.53 Å². The average molecular weight is 190 g/mol. The Morgan fingerprint density at radius 1 is 1.38 bits per heavy atom. The van der Waals surface area contributed by atoms with E-state index in [4.69, 9.17) is 20.4 Å². The number of methoxy groups -OCH3 is 1. The Bertz CT molecular complexity index is 265. The second kappa shape index (κ2) is 4.06. The molecule has 0 aliphatic rings.